The van der Waals surface area contributed by atoms with Gasteiger partial charge in [-0.15, -0.1) is 0 Å². The largest absolute Gasteiger partial charge is 0.355 e. The van der Waals surface area contributed by atoms with Gasteiger partial charge in [-0.3, -0.25) is 9.35 Å². The molecule has 0 spiro atoms. The first-order valence-electron chi connectivity index (χ1n) is 5.34. The summed E-state index contributed by atoms with van der Waals surface area (Å²) in [6.07, 6.45) is 3.53. The van der Waals surface area contributed by atoms with Gasteiger partial charge in [-0.05, 0) is 6.42 Å². The molecule has 1 heterocycles. The Morgan fingerprint density at radius 3 is 2.89 bits per heavy atom. The van der Waals surface area contributed by atoms with E-state index in [1.807, 2.05) is 0 Å². The lowest BCUT2D eigenvalue weighted by atomic mass is 10.1. The highest BCUT2D eigenvalue weighted by Crippen LogP contribution is 1.96. The second kappa shape index (κ2) is 6.47. The first-order valence-corrected chi connectivity index (χ1v) is 6.95. The van der Waals surface area contributed by atoms with Crippen LogP contribution in [0.5, 0.6) is 0 Å². The van der Waals surface area contributed by atoms with Crippen LogP contribution in [-0.4, -0.2) is 47.2 Å². The number of hydrogen-bond acceptors (Lipinski definition) is 5. The molecule has 0 unspecified atom stereocenters. The SMILES string of the molecule is N[C@@H](Cc1cnc[nH]1)C(=O)NCCCS(=O)(=O)O. The summed E-state index contributed by atoms with van der Waals surface area (Å²) in [5.74, 6) is -0.761. The summed E-state index contributed by atoms with van der Waals surface area (Å²) in [6.45, 7) is 0.148. The Morgan fingerprint density at radius 2 is 2.33 bits per heavy atom. The minimum atomic E-state index is -3.98. The summed E-state index contributed by atoms with van der Waals surface area (Å²) in [7, 11) is -3.98. The van der Waals surface area contributed by atoms with Crippen molar-refractivity contribution >= 4 is 16.0 Å². The van der Waals surface area contributed by atoms with Gasteiger partial charge in [0.1, 0.15) is 0 Å². The van der Waals surface area contributed by atoms with E-state index in [1.54, 1.807) is 6.20 Å². The van der Waals surface area contributed by atoms with Crippen LogP contribution >= 0.6 is 0 Å². The van der Waals surface area contributed by atoms with Crippen molar-refractivity contribution in [1.82, 2.24) is 15.3 Å². The highest BCUT2D eigenvalue weighted by molar-refractivity contribution is 7.85. The topological polar surface area (TPSA) is 138 Å². The third-order valence-corrected chi connectivity index (χ3v) is 3.01. The molecule has 0 fully saturated rings. The van der Waals surface area contributed by atoms with Gasteiger partial charge in [0.05, 0.1) is 18.1 Å². The number of nitrogens with one attached hydrogen (secondary N) is 2. The minimum absolute atomic E-state index is 0.140. The molecule has 0 aliphatic heterocycles. The molecule has 0 aliphatic rings. The van der Waals surface area contributed by atoms with Crippen LogP contribution in [0.25, 0.3) is 0 Å². The van der Waals surface area contributed by atoms with E-state index < -0.39 is 16.2 Å². The predicted molar refractivity (Wildman–Crippen MR) is 64.3 cm³/mol. The zero-order valence-electron chi connectivity index (χ0n) is 9.67. The quantitative estimate of drug-likeness (QED) is 0.359. The van der Waals surface area contributed by atoms with Crippen LogP contribution in [0.1, 0.15) is 12.1 Å². The van der Waals surface area contributed by atoms with E-state index in [0.29, 0.717) is 6.42 Å². The fraction of sp³-hybridized carbons (Fsp3) is 0.556. The van der Waals surface area contributed by atoms with Crippen molar-refractivity contribution in [3.8, 4) is 0 Å². The maximum atomic E-state index is 11.5. The number of carbonyl (C=O) groups excluding carboxylic acids is 1. The summed E-state index contributed by atoms with van der Waals surface area (Å²) in [5, 5.41) is 2.49. The molecule has 0 aromatic carbocycles. The Balaban J connectivity index is 2.24. The molecule has 8 nitrogen and oxygen atoms in total. The molecule has 1 atom stereocenters. The Labute approximate surface area is 105 Å². The van der Waals surface area contributed by atoms with E-state index in [-0.39, 0.29) is 24.6 Å². The highest BCUT2D eigenvalue weighted by Gasteiger charge is 2.14. The van der Waals surface area contributed by atoms with Crippen molar-refractivity contribution in [2.75, 3.05) is 12.3 Å². The summed E-state index contributed by atoms with van der Waals surface area (Å²) >= 11 is 0. The normalized spacial score (nSPS) is 13.2. The second-order valence-corrected chi connectivity index (χ2v) is 5.39. The highest BCUT2D eigenvalue weighted by atomic mass is 32.2. The van der Waals surface area contributed by atoms with Crippen molar-refractivity contribution in [3.05, 3.63) is 18.2 Å². The molecule has 0 bridgehead atoms. The van der Waals surface area contributed by atoms with Crippen molar-refractivity contribution in [2.45, 2.75) is 18.9 Å². The molecule has 0 saturated carbocycles. The van der Waals surface area contributed by atoms with Crippen LogP contribution in [0.2, 0.25) is 0 Å². The van der Waals surface area contributed by atoms with Gasteiger partial charge in [0.15, 0.2) is 0 Å². The van der Waals surface area contributed by atoms with E-state index in [0.717, 1.165) is 5.69 Å². The molecule has 9 heteroatoms. The van der Waals surface area contributed by atoms with Crippen LogP contribution in [0.4, 0.5) is 0 Å². The zero-order valence-corrected chi connectivity index (χ0v) is 10.5. The van der Waals surface area contributed by atoms with E-state index >= 15 is 0 Å². The van der Waals surface area contributed by atoms with Gasteiger partial charge >= 0.3 is 0 Å². The van der Waals surface area contributed by atoms with Crippen LogP contribution in [0.15, 0.2) is 12.5 Å². The Bertz CT molecular complexity index is 471. The summed E-state index contributed by atoms with van der Waals surface area (Å²) < 4.78 is 29.3. The Kier molecular flexibility index (Phi) is 5.25. The van der Waals surface area contributed by atoms with Gasteiger partial charge in [-0.25, -0.2) is 4.98 Å². The number of rotatable bonds is 7. The molecule has 0 aliphatic carbocycles. The first kappa shape index (κ1) is 14.6. The smallest absolute Gasteiger partial charge is 0.264 e. The number of aromatic amines is 1. The molecular formula is C9H16N4O4S. The molecule has 0 saturated heterocycles. The molecule has 102 valence electrons. The van der Waals surface area contributed by atoms with Gasteiger partial charge in [0.2, 0.25) is 5.91 Å². The van der Waals surface area contributed by atoms with Crippen molar-refractivity contribution in [3.63, 3.8) is 0 Å². The lowest BCUT2D eigenvalue weighted by molar-refractivity contribution is -0.122. The molecule has 1 aromatic heterocycles. The molecular weight excluding hydrogens is 260 g/mol. The molecule has 1 rings (SSSR count). The molecule has 1 amide bonds. The number of hydrogen-bond donors (Lipinski definition) is 4. The molecule has 5 N–H and O–H groups in total. The average Bonchev–Trinajstić information content (AvgIpc) is 2.75. The van der Waals surface area contributed by atoms with Crippen LogP contribution < -0.4 is 11.1 Å². The summed E-state index contributed by atoms with van der Waals surface area (Å²) in [6, 6.07) is -0.726. The van der Waals surface area contributed by atoms with E-state index in [4.69, 9.17) is 10.3 Å². The second-order valence-electron chi connectivity index (χ2n) is 3.82. The number of H-pyrrole nitrogens is 1. The van der Waals surface area contributed by atoms with E-state index in [1.165, 1.54) is 6.33 Å². The standard InChI is InChI=1S/C9H16N4O4S/c10-8(4-7-5-11-6-13-7)9(14)12-2-1-3-18(15,16)17/h5-6,8H,1-4,10H2,(H,11,13)(H,12,14)(H,15,16,17)/t8-/m0/s1. The van der Waals surface area contributed by atoms with E-state index in [9.17, 15) is 13.2 Å². The first-order chi connectivity index (χ1) is 8.38. The van der Waals surface area contributed by atoms with Gasteiger partial charge < -0.3 is 16.0 Å². The maximum absolute atomic E-state index is 11.5. The third-order valence-electron chi connectivity index (χ3n) is 2.21. The van der Waals surface area contributed by atoms with Gasteiger partial charge in [0.25, 0.3) is 10.1 Å². The fourth-order valence-electron chi connectivity index (χ4n) is 1.32. The fourth-order valence-corrected chi connectivity index (χ4v) is 1.83. The monoisotopic (exact) mass is 276 g/mol. The van der Waals surface area contributed by atoms with Gasteiger partial charge in [-0.1, -0.05) is 0 Å². The number of carbonyl (C=O) groups is 1. The number of amides is 1. The number of aromatic nitrogens is 2. The molecule has 1 aromatic rings. The van der Waals surface area contributed by atoms with E-state index in [2.05, 4.69) is 15.3 Å². The molecule has 18 heavy (non-hydrogen) atoms. The van der Waals surface area contributed by atoms with Crippen molar-refractivity contribution in [1.29, 1.82) is 0 Å². The zero-order chi connectivity index (χ0) is 13.6. The van der Waals surface area contributed by atoms with Crippen LogP contribution in [-0.2, 0) is 21.3 Å². The predicted octanol–water partition coefficient (Wildman–Crippen LogP) is -1.33. The lowest BCUT2D eigenvalue weighted by Gasteiger charge is -2.10. The molecule has 0 radical (unpaired) electrons. The maximum Gasteiger partial charge on any atom is 0.264 e. The van der Waals surface area contributed by atoms with Gasteiger partial charge in [-0.2, -0.15) is 8.42 Å². The van der Waals surface area contributed by atoms with Crippen LogP contribution in [0.3, 0.4) is 0 Å². The van der Waals surface area contributed by atoms with Crippen LogP contribution in [0, 0.1) is 0 Å². The van der Waals surface area contributed by atoms with Gasteiger partial charge in [0, 0.05) is 24.9 Å². The van der Waals surface area contributed by atoms with Crippen molar-refractivity contribution in [2.24, 2.45) is 5.73 Å². The number of imidazole rings is 1. The Hall–Kier alpha value is -1.45. The lowest BCUT2D eigenvalue weighted by Crippen LogP contribution is -2.42. The summed E-state index contributed by atoms with van der Waals surface area (Å²) in [4.78, 5) is 18.1. The number of nitrogens with two attached hydrogens (primary N) is 1. The third kappa shape index (κ3) is 5.75. The average molecular weight is 276 g/mol. The van der Waals surface area contributed by atoms with Crippen molar-refractivity contribution < 1.29 is 17.8 Å². The number of nitrogens with zero attached hydrogens (tertiary/aromatic N) is 1. The minimum Gasteiger partial charge on any atom is -0.355 e. The Morgan fingerprint density at radius 1 is 1.61 bits per heavy atom. The summed E-state index contributed by atoms with van der Waals surface area (Å²) in [5.41, 5.74) is 6.39.